The van der Waals surface area contributed by atoms with Gasteiger partial charge in [-0.05, 0) is 23.6 Å². The Morgan fingerprint density at radius 3 is 2.62 bits per heavy atom. The van der Waals surface area contributed by atoms with Crippen LogP contribution in [0.15, 0.2) is 46.7 Å². The molecule has 0 saturated carbocycles. The topological polar surface area (TPSA) is 66.8 Å². The first-order chi connectivity index (χ1) is 11.7. The maximum atomic E-state index is 13.0. The number of amides is 2. The number of ether oxygens (including phenoxy) is 1. The molecule has 0 aliphatic carbocycles. The van der Waals surface area contributed by atoms with Gasteiger partial charge in [0.2, 0.25) is 0 Å². The van der Waals surface area contributed by atoms with Crippen molar-refractivity contribution in [3.63, 3.8) is 0 Å². The van der Waals surface area contributed by atoms with Crippen molar-refractivity contribution in [3.8, 4) is 5.75 Å². The highest BCUT2D eigenvalue weighted by Gasteiger charge is 2.41. The van der Waals surface area contributed by atoms with Crippen molar-refractivity contribution in [1.29, 1.82) is 0 Å². The Kier molecular flexibility index (Phi) is 5.03. The number of carbonyl (C=O) groups is 2. The van der Waals surface area contributed by atoms with Crippen LogP contribution in [-0.2, 0) is 9.59 Å². The van der Waals surface area contributed by atoms with Crippen molar-refractivity contribution in [2.24, 2.45) is 0 Å². The van der Waals surface area contributed by atoms with Gasteiger partial charge >= 0.3 is 0 Å². The second kappa shape index (κ2) is 7.21. The SMILES string of the molecule is COc1ccccc1N1C(=O)C(SCCO)=C(c2cccs2)C1=O. The third kappa shape index (κ3) is 2.86. The normalized spacial score (nSPS) is 14.7. The highest BCUT2D eigenvalue weighted by atomic mass is 32.2. The van der Waals surface area contributed by atoms with Crippen molar-refractivity contribution in [1.82, 2.24) is 0 Å². The molecule has 2 heterocycles. The van der Waals surface area contributed by atoms with Crippen LogP contribution >= 0.6 is 23.1 Å². The van der Waals surface area contributed by atoms with Gasteiger partial charge in [-0.15, -0.1) is 23.1 Å². The molecule has 1 aromatic carbocycles. The van der Waals surface area contributed by atoms with Gasteiger partial charge in [0.05, 0.1) is 29.9 Å². The zero-order valence-corrected chi connectivity index (χ0v) is 14.5. The summed E-state index contributed by atoms with van der Waals surface area (Å²) < 4.78 is 5.29. The number of para-hydroxylation sites is 2. The third-order valence-electron chi connectivity index (χ3n) is 3.47. The quantitative estimate of drug-likeness (QED) is 0.802. The number of anilines is 1. The van der Waals surface area contributed by atoms with Gasteiger partial charge in [-0.3, -0.25) is 9.59 Å². The van der Waals surface area contributed by atoms with E-state index in [0.29, 0.717) is 27.7 Å². The highest BCUT2D eigenvalue weighted by Crippen LogP contribution is 2.41. The average molecular weight is 361 g/mol. The number of thioether (sulfide) groups is 1. The molecule has 0 radical (unpaired) electrons. The minimum Gasteiger partial charge on any atom is -0.495 e. The average Bonchev–Trinajstić information content (AvgIpc) is 3.20. The molecule has 0 atom stereocenters. The third-order valence-corrected chi connectivity index (χ3v) is 5.41. The monoisotopic (exact) mass is 361 g/mol. The van der Waals surface area contributed by atoms with Gasteiger partial charge < -0.3 is 9.84 Å². The van der Waals surface area contributed by atoms with Crippen LogP contribution in [0, 0.1) is 0 Å². The number of benzene rings is 1. The fourth-order valence-electron chi connectivity index (χ4n) is 2.46. The van der Waals surface area contributed by atoms with Crippen molar-refractivity contribution in [3.05, 3.63) is 51.6 Å². The van der Waals surface area contributed by atoms with Crippen LogP contribution in [0.5, 0.6) is 5.75 Å². The predicted molar refractivity (Wildman–Crippen MR) is 96.3 cm³/mol. The van der Waals surface area contributed by atoms with E-state index in [1.54, 1.807) is 24.3 Å². The van der Waals surface area contributed by atoms with E-state index in [4.69, 9.17) is 9.84 Å². The number of imide groups is 1. The van der Waals surface area contributed by atoms with Crippen LogP contribution < -0.4 is 9.64 Å². The summed E-state index contributed by atoms with van der Waals surface area (Å²) in [7, 11) is 1.50. The van der Waals surface area contributed by atoms with Crippen LogP contribution in [0.2, 0.25) is 0 Å². The Morgan fingerprint density at radius 2 is 1.96 bits per heavy atom. The van der Waals surface area contributed by atoms with E-state index in [1.807, 2.05) is 17.5 Å². The molecule has 7 heteroatoms. The largest absolute Gasteiger partial charge is 0.495 e. The Labute approximate surface area is 147 Å². The van der Waals surface area contributed by atoms with Gasteiger partial charge in [0, 0.05) is 10.6 Å². The van der Waals surface area contributed by atoms with Gasteiger partial charge in [0.15, 0.2) is 0 Å². The second-order valence-corrected chi connectivity index (χ2v) is 6.92. The summed E-state index contributed by atoms with van der Waals surface area (Å²) in [6, 6.07) is 10.6. The Morgan fingerprint density at radius 1 is 1.17 bits per heavy atom. The van der Waals surface area contributed by atoms with Crippen LogP contribution in [0.1, 0.15) is 4.88 Å². The molecule has 0 spiro atoms. The molecule has 2 amide bonds. The number of carbonyl (C=O) groups excluding carboxylic acids is 2. The van der Waals surface area contributed by atoms with Crippen LogP contribution in [0.4, 0.5) is 5.69 Å². The lowest BCUT2D eigenvalue weighted by atomic mass is 10.2. The molecule has 0 bridgehead atoms. The summed E-state index contributed by atoms with van der Waals surface area (Å²) in [4.78, 5) is 28.1. The lowest BCUT2D eigenvalue weighted by molar-refractivity contribution is -0.119. The van der Waals surface area contributed by atoms with E-state index < -0.39 is 0 Å². The summed E-state index contributed by atoms with van der Waals surface area (Å²) in [5.74, 6) is 0.0556. The molecule has 1 aliphatic heterocycles. The van der Waals surface area contributed by atoms with E-state index in [1.165, 1.54) is 30.2 Å². The zero-order valence-electron chi connectivity index (χ0n) is 12.9. The molecular formula is C17H15NO4S2. The Balaban J connectivity index is 2.08. The second-order valence-electron chi connectivity index (χ2n) is 4.87. The minimum atomic E-state index is -0.383. The number of aliphatic hydroxyl groups excluding tert-OH is 1. The highest BCUT2D eigenvalue weighted by molar-refractivity contribution is 8.04. The zero-order chi connectivity index (χ0) is 17.1. The molecule has 2 aromatic rings. The van der Waals surface area contributed by atoms with Crippen molar-refractivity contribution >= 4 is 46.2 Å². The molecular weight excluding hydrogens is 346 g/mol. The summed E-state index contributed by atoms with van der Waals surface area (Å²) in [6.45, 7) is -0.0674. The smallest absolute Gasteiger partial charge is 0.272 e. The van der Waals surface area contributed by atoms with Crippen molar-refractivity contribution in [2.45, 2.75) is 0 Å². The first-order valence-corrected chi connectivity index (χ1v) is 9.09. The molecule has 24 heavy (non-hydrogen) atoms. The lowest BCUT2D eigenvalue weighted by Crippen LogP contribution is -2.31. The van der Waals surface area contributed by atoms with Gasteiger partial charge in [-0.1, -0.05) is 18.2 Å². The molecule has 1 N–H and O–H groups in total. The molecule has 0 saturated heterocycles. The molecule has 1 aliphatic rings. The fourth-order valence-corrected chi connectivity index (χ4v) is 4.15. The minimum absolute atomic E-state index is 0.0674. The lowest BCUT2D eigenvalue weighted by Gasteiger charge is -2.17. The number of aliphatic hydroxyl groups is 1. The van der Waals surface area contributed by atoms with Crippen LogP contribution in [-0.4, -0.2) is 36.4 Å². The Hall–Kier alpha value is -2.09. The Bertz CT molecular complexity index is 799. The fraction of sp³-hybridized carbons (Fsp3) is 0.176. The molecule has 124 valence electrons. The number of hydrogen-bond donors (Lipinski definition) is 1. The first kappa shape index (κ1) is 16.8. The molecule has 5 nitrogen and oxygen atoms in total. The summed E-state index contributed by atoms with van der Waals surface area (Å²) in [6.07, 6.45) is 0. The maximum Gasteiger partial charge on any atom is 0.272 e. The number of thiophene rings is 1. The summed E-state index contributed by atoms with van der Waals surface area (Å²) >= 11 is 2.60. The van der Waals surface area contributed by atoms with E-state index in [0.717, 1.165) is 9.78 Å². The molecule has 0 unspecified atom stereocenters. The number of methoxy groups -OCH3 is 1. The van der Waals surface area contributed by atoms with Crippen LogP contribution in [0.3, 0.4) is 0 Å². The molecule has 3 rings (SSSR count). The van der Waals surface area contributed by atoms with Gasteiger partial charge in [0.25, 0.3) is 11.8 Å². The number of nitrogens with zero attached hydrogens (tertiary/aromatic N) is 1. The molecule has 0 fully saturated rings. The molecule has 1 aromatic heterocycles. The maximum absolute atomic E-state index is 13.0. The van der Waals surface area contributed by atoms with Crippen molar-refractivity contribution in [2.75, 3.05) is 24.4 Å². The van der Waals surface area contributed by atoms with Gasteiger partial charge in [-0.25, -0.2) is 4.90 Å². The number of hydrogen-bond acceptors (Lipinski definition) is 6. The van der Waals surface area contributed by atoms with E-state index >= 15 is 0 Å². The summed E-state index contributed by atoms with van der Waals surface area (Å²) in [5, 5.41) is 11.0. The number of rotatable bonds is 6. The predicted octanol–water partition coefficient (Wildman–Crippen LogP) is 2.77. The van der Waals surface area contributed by atoms with Gasteiger partial charge in [0.1, 0.15) is 5.75 Å². The van der Waals surface area contributed by atoms with E-state index in [9.17, 15) is 9.59 Å². The van der Waals surface area contributed by atoms with Gasteiger partial charge in [-0.2, -0.15) is 0 Å². The van der Waals surface area contributed by atoms with E-state index in [-0.39, 0.29) is 18.4 Å². The van der Waals surface area contributed by atoms with E-state index in [2.05, 4.69) is 0 Å². The first-order valence-electron chi connectivity index (χ1n) is 7.22. The van der Waals surface area contributed by atoms with Crippen molar-refractivity contribution < 1.29 is 19.4 Å². The van der Waals surface area contributed by atoms with Crippen LogP contribution in [0.25, 0.3) is 5.57 Å². The standard InChI is InChI=1S/C17H15NO4S2/c1-22-12-6-3-2-5-11(12)18-16(20)14(13-7-4-9-23-13)15(17(18)21)24-10-8-19/h2-7,9,19H,8,10H2,1H3. The summed E-state index contributed by atoms with van der Waals surface area (Å²) in [5.41, 5.74) is 0.808.